The van der Waals surface area contributed by atoms with Gasteiger partial charge in [-0.05, 0) is 0 Å². The van der Waals surface area contributed by atoms with Crippen molar-refractivity contribution in [2.24, 2.45) is 0 Å². The van der Waals surface area contributed by atoms with Crippen LogP contribution < -0.4 is 51.4 Å². The summed E-state index contributed by atoms with van der Waals surface area (Å²) in [4.78, 5) is 0. The molecule has 0 fully saturated rings. The summed E-state index contributed by atoms with van der Waals surface area (Å²) in [6.07, 6.45) is 1.17. The molecule has 0 aliphatic heterocycles. The van der Waals surface area contributed by atoms with Crippen molar-refractivity contribution >= 4 is 0 Å². The van der Waals surface area contributed by atoms with Gasteiger partial charge in [-0.1, -0.05) is 41.0 Å². The Morgan fingerprint density at radius 3 is 1.42 bits per heavy atom. The molecule has 62 valence electrons. The van der Waals surface area contributed by atoms with Gasteiger partial charge in [0.05, 0.1) is 0 Å². The Morgan fingerprint density at radius 1 is 0.917 bits per heavy atom. The van der Waals surface area contributed by atoms with Crippen LogP contribution in [-0.4, -0.2) is 0 Å². The predicted molar refractivity (Wildman–Crippen MR) is 50.4 cm³/mol. The Balaban J connectivity index is 0.00000121. The zero-order valence-electron chi connectivity index (χ0n) is 9.21. The molecule has 0 saturated carbocycles. The van der Waals surface area contributed by atoms with Gasteiger partial charge in [-0.2, -0.15) is 27.8 Å². The fraction of sp³-hybridized carbons (Fsp3) is 0.545. The van der Waals surface area contributed by atoms with E-state index in [9.17, 15) is 0 Å². The van der Waals surface area contributed by atoms with Crippen molar-refractivity contribution in [1.82, 2.24) is 0 Å². The predicted octanol–water partition coefficient (Wildman–Crippen LogP) is 0.206. The number of hydrogen-bond donors (Lipinski definition) is 0. The molecular weight excluding hydrogens is 171 g/mol. The zero-order valence-corrected chi connectivity index (χ0v) is 12.3. The van der Waals surface area contributed by atoms with Crippen LogP contribution in [-0.2, 0) is 6.42 Å². The molecule has 0 heterocycles. The van der Waals surface area contributed by atoms with Gasteiger partial charge in [-0.3, -0.25) is 0 Å². The molecule has 0 bridgehead atoms. The average Bonchev–Trinajstić information content (AvgIpc) is 2.17. The summed E-state index contributed by atoms with van der Waals surface area (Å²) < 4.78 is 0. The van der Waals surface area contributed by atoms with Crippen LogP contribution in [0.5, 0.6) is 0 Å². The van der Waals surface area contributed by atoms with Crippen LogP contribution in [0.3, 0.4) is 0 Å². The summed E-state index contributed by atoms with van der Waals surface area (Å²) in [5.74, 6) is 0. The second-order valence-electron chi connectivity index (χ2n) is 3.33. The molecule has 0 atom stereocenters. The van der Waals surface area contributed by atoms with Gasteiger partial charge in [0.25, 0.3) is 0 Å². The van der Waals surface area contributed by atoms with Gasteiger partial charge in [0, 0.05) is 0 Å². The molecule has 12 heavy (non-hydrogen) atoms. The maximum absolute atomic E-state index is 2.23. The Morgan fingerprint density at radius 2 is 1.25 bits per heavy atom. The standard InChI is InChI=1S/C11H17.K/c1-6-11-9(4)7(2)8(3)10(11)5;/h6H2,1-5H3;/q-1;+1. The van der Waals surface area contributed by atoms with Gasteiger partial charge in [0.1, 0.15) is 0 Å². The molecule has 1 aromatic rings. The summed E-state index contributed by atoms with van der Waals surface area (Å²) in [5, 5.41) is 0. The van der Waals surface area contributed by atoms with Crippen LogP contribution in [0.25, 0.3) is 0 Å². The average molecular weight is 188 g/mol. The maximum atomic E-state index is 2.23. The first kappa shape index (κ1) is 13.0. The first-order valence-electron chi connectivity index (χ1n) is 4.31. The minimum Gasteiger partial charge on any atom is -0.196 e. The van der Waals surface area contributed by atoms with Gasteiger partial charge >= 0.3 is 51.4 Å². The van der Waals surface area contributed by atoms with Crippen LogP contribution in [0.1, 0.15) is 34.7 Å². The Kier molecular flexibility index (Phi) is 5.43. The molecule has 0 saturated heterocycles. The van der Waals surface area contributed by atoms with E-state index in [1.165, 1.54) is 28.7 Å². The molecule has 0 aromatic heterocycles. The van der Waals surface area contributed by atoms with E-state index in [1.807, 2.05) is 0 Å². The molecule has 0 nitrogen and oxygen atoms in total. The van der Waals surface area contributed by atoms with Crippen LogP contribution in [0.4, 0.5) is 0 Å². The Bertz CT molecular complexity index is 244. The first-order chi connectivity index (χ1) is 5.09. The summed E-state index contributed by atoms with van der Waals surface area (Å²) in [7, 11) is 0. The minimum atomic E-state index is 0. The SMILES string of the molecule is CC[c-]1c(C)c(C)c(C)c1C.[K+]. The van der Waals surface area contributed by atoms with Crippen molar-refractivity contribution in [3.05, 3.63) is 27.8 Å². The third-order valence-corrected chi connectivity index (χ3v) is 2.95. The van der Waals surface area contributed by atoms with E-state index in [1.54, 1.807) is 5.56 Å². The van der Waals surface area contributed by atoms with Crippen molar-refractivity contribution in [2.75, 3.05) is 0 Å². The molecule has 0 aliphatic rings. The van der Waals surface area contributed by atoms with E-state index in [-0.39, 0.29) is 51.4 Å². The van der Waals surface area contributed by atoms with E-state index >= 15 is 0 Å². The molecule has 0 radical (unpaired) electrons. The van der Waals surface area contributed by atoms with Crippen LogP contribution >= 0.6 is 0 Å². The molecule has 0 spiro atoms. The fourth-order valence-electron chi connectivity index (χ4n) is 1.83. The van der Waals surface area contributed by atoms with Gasteiger partial charge < -0.3 is 0 Å². The monoisotopic (exact) mass is 188 g/mol. The van der Waals surface area contributed by atoms with Crippen molar-refractivity contribution in [3.63, 3.8) is 0 Å². The largest absolute Gasteiger partial charge is 1.00 e. The van der Waals surface area contributed by atoms with Crippen molar-refractivity contribution in [1.29, 1.82) is 0 Å². The number of rotatable bonds is 1. The second kappa shape index (κ2) is 5.01. The first-order valence-corrected chi connectivity index (χ1v) is 4.31. The molecule has 0 aliphatic carbocycles. The fourth-order valence-corrected chi connectivity index (χ4v) is 1.83. The molecule has 1 rings (SSSR count). The summed E-state index contributed by atoms with van der Waals surface area (Å²) in [5.41, 5.74) is 7.53. The minimum absolute atomic E-state index is 0. The van der Waals surface area contributed by atoms with E-state index < -0.39 is 0 Å². The topological polar surface area (TPSA) is 0 Å². The van der Waals surface area contributed by atoms with Crippen molar-refractivity contribution < 1.29 is 51.4 Å². The zero-order chi connectivity index (χ0) is 8.59. The molecule has 0 amide bonds. The summed E-state index contributed by atoms with van der Waals surface area (Å²) >= 11 is 0. The Hall–Kier alpha value is 0.986. The summed E-state index contributed by atoms with van der Waals surface area (Å²) in [6, 6.07) is 0. The maximum Gasteiger partial charge on any atom is 1.00 e. The van der Waals surface area contributed by atoms with Gasteiger partial charge in [0.2, 0.25) is 0 Å². The molecule has 0 N–H and O–H groups in total. The molecule has 1 aromatic carbocycles. The molecular formula is C11H17K. The van der Waals surface area contributed by atoms with Crippen LogP contribution in [0.2, 0.25) is 0 Å². The van der Waals surface area contributed by atoms with Gasteiger partial charge in [-0.15, -0.1) is 0 Å². The van der Waals surface area contributed by atoms with Crippen LogP contribution in [0, 0.1) is 27.7 Å². The quantitative estimate of drug-likeness (QED) is 0.436. The third-order valence-electron chi connectivity index (χ3n) is 2.95. The Labute approximate surface area is 119 Å². The van der Waals surface area contributed by atoms with Gasteiger partial charge in [-0.25, -0.2) is 0 Å². The smallest absolute Gasteiger partial charge is 0.196 e. The van der Waals surface area contributed by atoms with Crippen LogP contribution in [0.15, 0.2) is 0 Å². The van der Waals surface area contributed by atoms with Crippen molar-refractivity contribution in [2.45, 2.75) is 41.0 Å². The van der Waals surface area contributed by atoms with E-state index in [0.29, 0.717) is 0 Å². The summed E-state index contributed by atoms with van der Waals surface area (Å²) in [6.45, 7) is 11.1. The second-order valence-corrected chi connectivity index (χ2v) is 3.33. The van der Waals surface area contributed by atoms with Gasteiger partial charge in [0.15, 0.2) is 0 Å². The third kappa shape index (κ3) is 2.07. The molecule has 0 unspecified atom stereocenters. The van der Waals surface area contributed by atoms with Crippen molar-refractivity contribution in [3.8, 4) is 0 Å². The number of hydrogen-bond acceptors (Lipinski definition) is 0. The normalized spacial score (nSPS) is 9.75. The van der Waals surface area contributed by atoms with E-state index in [4.69, 9.17) is 0 Å². The molecule has 1 heteroatoms. The van der Waals surface area contributed by atoms with E-state index in [2.05, 4.69) is 34.6 Å². The van der Waals surface area contributed by atoms with E-state index in [0.717, 1.165) is 0 Å².